The van der Waals surface area contributed by atoms with Crippen LogP contribution in [-0.2, 0) is 0 Å². The molecule has 1 atom stereocenters. The number of quaternary nitrogens is 1. The van der Waals surface area contributed by atoms with Gasteiger partial charge in [0, 0.05) is 19.0 Å². The van der Waals surface area contributed by atoms with E-state index in [1.165, 1.54) is 24.1 Å². The highest BCUT2D eigenvalue weighted by atomic mass is 19.1. The maximum atomic E-state index is 14.0. The van der Waals surface area contributed by atoms with Crippen molar-refractivity contribution in [2.24, 2.45) is 0 Å². The zero-order valence-corrected chi connectivity index (χ0v) is 17.2. The minimum absolute atomic E-state index is 0.0206. The quantitative estimate of drug-likeness (QED) is 0.674. The Kier molecular flexibility index (Phi) is 5.30. The summed E-state index contributed by atoms with van der Waals surface area (Å²) in [7, 11) is 5.60. The first-order chi connectivity index (χ1) is 14.4. The van der Waals surface area contributed by atoms with Gasteiger partial charge >= 0.3 is 0 Å². The molecule has 6 nitrogen and oxygen atoms in total. The van der Waals surface area contributed by atoms with Crippen LogP contribution in [0, 0.1) is 5.82 Å². The van der Waals surface area contributed by atoms with Gasteiger partial charge in [0.05, 0.1) is 44.7 Å². The molecule has 3 aromatic rings. The summed E-state index contributed by atoms with van der Waals surface area (Å²) in [5.74, 6) is -0.216. The molecular formula is C23H24FN2O4+. The first kappa shape index (κ1) is 20.1. The number of benzene rings is 2. The smallest absolute Gasteiger partial charge is 0.290 e. The number of rotatable bonds is 6. The number of carbonyl (C=O) groups excluding carboxylic acids is 1. The van der Waals surface area contributed by atoms with Crippen LogP contribution in [-0.4, -0.2) is 45.1 Å². The molecule has 30 heavy (non-hydrogen) atoms. The van der Waals surface area contributed by atoms with Crippen LogP contribution in [0.15, 0.2) is 51.7 Å². The summed E-state index contributed by atoms with van der Waals surface area (Å²) in [6.45, 7) is 1.30. The Bertz CT molecular complexity index is 1170. The highest BCUT2D eigenvalue weighted by molar-refractivity contribution is 5.99. The summed E-state index contributed by atoms with van der Waals surface area (Å²) in [6, 6.07) is 10.3. The fraction of sp³-hybridized carbons (Fsp3) is 0.304. The molecule has 0 saturated carbocycles. The number of amides is 1. The minimum Gasteiger partial charge on any atom is -0.497 e. The Morgan fingerprint density at radius 3 is 2.67 bits per heavy atom. The maximum Gasteiger partial charge on any atom is 0.290 e. The number of methoxy groups -OCH3 is 1. The summed E-state index contributed by atoms with van der Waals surface area (Å²) < 4.78 is 25.1. The number of halogens is 1. The zero-order chi connectivity index (χ0) is 21.4. The van der Waals surface area contributed by atoms with Gasteiger partial charge in [0.15, 0.2) is 5.43 Å². The largest absolute Gasteiger partial charge is 0.497 e. The van der Waals surface area contributed by atoms with Crippen molar-refractivity contribution < 1.29 is 23.2 Å². The van der Waals surface area contributed by atoms with E-state index in [-0.39, 0.29) is 22.7 Å². The van der Waals surface area contributed by atoms with Crippen LogP contribution in [0.25, 0.3) is 11.0 Å². The molecule has 2 heterocycles. The molecule has 1 aliphatic heterocycles. The fourth-order valence-corrected chi connectivity index (χ4v) is 3.98. The van der Waals surface area contributed by atoms with Gasteiger partial charge < -0.3 is 19.0 Å². The molecule has 1 N–H and O–H groups in total. The highest BCUT2D eigenvalue weighted by Gasteiger charge is 2.42. The van der Waals surface area contributed by atoms with Crippen LogP contribution >= 0.6 is 0 Å². The molecule has 0 unspecified atom stereocenters. The predicted octanol–water partition coefficient (Wildman–Crippen LogP) is 2.02. The Balaban J connectivity index is 1.88. The van der Waals surface area contributed by atoms with Gasteiger partial charge in [-0.2, -0.15) is 0 Å². The average Bonchev–Trinajstić information content (AvgIpc) is 3.00. The van der Waals surface area contributed by atoms with E-state index in [9.17, 15) is 14.0 Å². The van der Waals surface area contributed by atoms with E-state index >= 15 is 0 Å². The molecule has 0 spiro atoms. The molecule has 0 bridgehead atoms. The lowest BCUT2D eigenvalue weighted by Gasteiger charge is -2.25. The topological polar surface area (TPSA) is 64.2 Å². The molecule has 1 aromatic heterocycles. The van der Waals surface area contributed by atoms with Gasteiger partial charge in [-0.05, 0) is 29.8 Å². The second kappa shape index (κ2) is 7.91. The van der Waals surface area contributed by atoms with E-state index in [4.69, 9.17) is 9.15 Å². The van der Waals surface area contributed by atoms with E-state index in [2.05, 4.69) is 0 Å². The summed E-state index contributed by atoms with van der Waals surface area (Å²) >= 11 is 0. The first-order valence-corrected chi connectivity index (χ1v) is 9.91. The monoisotopic (exact) mass is 411 g/mol. The number of carbonyl (C=O) groups is 1. The van der Waals surface area contributed by atoms with E-state index in [1.807, 2.05) is 14.1 Å². The van der Waals surface area contributed by atoms with Crippen molar-refractivity contribution in [1.29, 1.82) is 0 Å². The summed E-state index contributed by atoms with van der Waals surface area (Å²) in [5, 5.41) is 0.364. The maximum absolute atomic E-state index is 14.0. The summed E-state index contributed by atoms with van der Waals surface area (Å²) in [6.07, 6.45) is 0.745. The van der Waals surface area contributed by atoms with Crippen LogP contribution in [0.2, 0.25) is 0 Å². The fourth-order valence-electron chi connectivity index (χ4n) is 3.98. The predicted molar refractivity (Wildman–Crippen MR) is 111 cm³/mol. The number of nitrogens with one attached hydrogen (secondary N) is 1. The Hall–Kier alpha value is -3.19. The highest BCUT2D eigenvalue weighted by Crippen LogP contribution is 2.38. The number of hydrogen-bond donors (Lipinski definition) is 1. The van der Waals surface area contributed by atoms with E-state index in [0.717, 1.165) is 13.0 Å². The van der Waals surface area contributed by atoms with Crippen LogP contribution in [0.1, 0.15) is 34.1 Å². The third kappa shape index (κ3) is 3.45. The lowest BCUT2D eigenvalue weighted by molar-refractivity contribution is -0.858. The van der Waals surface area contributed by atoms with Gasteiger partial charge in [0.2, 0.25) is 5.76 Å². The molecule has 0 fully saturated rings. The minimum atomic E-state index is -0.678. The molecule has 0 aliphatic carbocycles. The van der Waals surface area contributed by atoms with Crippen molar-refractivity contribution >= 4 is 16.9 Å². The lowest BCUT2D eigenvalue weighted by atomic mass is 9.98. The molecule has 0 saturated heterocycles. The van der Waals surface area contributed by atoms with Gasteiger partial charge in [-0.3, -0.25) is 9.59 Å². The first-order valence-electron chi connectivity index (χ1n) is 9.91. The van der Waals surface area contributed by atoms with Crippen LogP contribution in [0.5, 0.6) is 5.75 Å². The van der Waals surface area contributed by atoms with E-state index in [1.54, 1.807) is 35.2 Å². The Labute approximate surface area is 173 Å². The van der Waals surface area contributed by atoms with E-state index in [0.29, 0.717) is 28.8 Å². The molecule has 1 aliphatic rings. The summed E-state index contributed by atoms with van der Waals surface area (Å²) in [4.78, 5) is 29.5. The van der Waals surface area contributed by atoms with Crippen LogP contribution in [0.3, 0.4) is 0 Å². The molecular weight excluding hydrogens is 387 g/mol. The standard InChI is InChI=1S/C23H23FN2O4/c1-25(2)10-5-11-26-20(14-6-4-7-15(24)12-14)19-21(27)17-9-8-16(29-3)13-18(17)30-22(19)23(26)28/h4,6-9,12-13,20H,5,10-11H2,1-3H3/p+1/t20-/m1/s1. The van der Waals surface area contributed by atoms with Crippen molar-refractivity contribution in [3.63, 3.8) is 0 Å². The molecule has 4 rings (SSSR count). The summed E-state index contributed by atoms with van der Waals surface area (Å²) in [5.41, 5.74) is 0.834. The average molecular weight is 411 g/mol. The van der Waals surface area contributed by atoms with Gasteiger partial charge in [-0.1, -0.05) is 12.1 Å². The molecule has 7 heteroatoms. The normalized spacial score (nSPS) is 15.8. The number of fused-ring (bicyclic) bond motifs is 2. The van der Waals surface area contributed by atoms with Crippen molar-refractivity contribution in [3.8, 4) is 5.75 Å². The number of ether oxygens (including phenoxy) is 1. The van der Waals surface area contributed by atoms with Gasteiger partial charge in [0.25, 0.3) is 5.91 Å². The van der Waals surface area contributed by atoms with Gasteiger partial charge in [-0.25, -0.2) is 4.39 Å². The molecule has 2 aromatic carbocycles. The lowest BCUT2D eigenvalue weighted by Crippen LogP contribution is -3.05. The molecule has 1 amide bonds. The molecule has 156 valence electrons. The van der Waals surface area contributed by atoms with Crippen LogP contribution < -0.4 is 15.1 Å². The molecule has 0 radical (unpaired) electrons. The number of hydrogen-bond acceptors (Lipinski definition) is 4. The van der Waals surface area contributed by atoms with Crippen molar-refractivity contribution in [1.82, 2.24) is 4.90 Å². The second-order valence-corrected chi connectivity index (χ2v) is 7.80. The number of nitrogens with zero attached hydrogens (tertiary/aromatic N) is 1. The zero-order valence-electron chi connectivity index (χ0n) is 17.2. The van der Waals surface area contributed by atoms with E-state index < -0.39 is 11.9 Å². The second-order valence-electron chi connectivity index (χ2n) is 7.80. The van der Waals surface area contributed by atoms with Crippen molar-refractivity contribution in [2.75, 3.05) is 34.3 Å². The van der Waals surface area contributed by atoms with Crippen molar-refractivity contribution in [2.45, 2.75) is 12.5 Å². The van der Waals surface area contributed by atoms with Crippen LogP contribution in [0.4, 0.5) is 4.39 Å². The third-order valence-corrected chi connectivity index (χ3v) is 5.42. The van der Waals surface area contributed by atoms with Gasteiger partial charge in [0.1, 0.15) is 17.1 Å². The Morgan fingerprint density at radius 2 is 1.97 bits per heavy atom. The SMILES string of the molecule is COc1ccc2c(=O)c3c(oc2c1)C(=O)N(CCC[NH+](C)C)[C@@H]3c1cccc(F)c1. The van der Waals surface area contributed by atoms with Gasteiger partial charge in [-0.15, -0.1) is 0 Å². The van der Waals surface area contributed by atoms with Crippen molar-refractivity contribution in [3.05, 3.63) is 75.4 Å². The third-order valence-electron chi connectivity index (χ3n) is 5.42. The Morgan fingerprint density at radius 1 is 1.17 bits per heavy atom.